The Bertz CT molecular complexity index is 268. The molecular formula is C12H22N2O3. The first kappa shape index (κ1) is 14.0. The van der Waals surface area contributed by atoms with Gasteiger partial charge in [-0.2, -0.15) is 0 Å². The lowest BCUT2D eigenvalue weighted by Gasteiger charge is -2.34. The maximum Gasteiger partial charge on any atom is 0.305 e. The van der Waals surface area contributed by atoms with Gasteiger partial charge in [0.05, 0.1) is 13.2 Å². The Morgan fingerprint density at radius 3 is 2.82 bits per heavy atom. The number of hydrogen-bond donors (Lipinski definition) is 1. The van der Waals surface area contributed by atoms with E-state index in [2.05, 4.69) is 15.0 Å². The summed E-state index contributed by atoms with van der Waals surface area (Å²) in [5, 5.41) is 2.70. The van der Waals surface area contributed by atoms with Crippen LogP contribution in [0.3, 0.4) is 0 Å². The zero-order valence-corrected chi connectivity index (χ0v) is 10.7. The highest BCUT2D eigenvalue weighted by molar-refractivity contribution is 5.81. The lowest BCUT2D eigenvalue weighted by molar-refractivity contribution is -0.140. The molecule has 1 heterocycles. The van der Waals surface area contributed by atoms with Crippen LogP contribution in [-0.4, -0.2) is 50.1 Å². The number of methoxy groups -OCH3 is 1. The summed E-state index contributed by atoms with van der Waals surface area (Å²) in [4.78, 5) is 24.9. The van der Waals surface area contributed by atoms with Crippen molar-refractivity contribution in [2.24, 2.45) is 0 Å². The van der Waals surface area contributed by atoms with Gasteiger partial charge in [-0.15, -0.1) is 0 Å². The highest BCUT2D eigenvalue weighted by Crippen LogP contribution is 2.17. The van der Waals surface area contributed by atoms with E-state index in [1.54, 1.807) is 7.05 Å². The number of ether oxygens (including phenoxy) is 1. The monoisotopic (exact) mass is 242 g/mol. The molecule has 0 aromatic heterocycles. The summed E-state index contributed by atoms with van der Waals surface area (Å²) in [6, 6.07) is -0.0219. The normalized spacial score (nSPS) is 20.9. The first-order chi connectivity index (χ1) is 8.19. The van der Waals surface area contributed by atoms with Crippen LogP contribution in [0.2, 0.25) is 0 Å². The SMILES string of the molecule is CNC(=O)C1CCCCN1CCCC(=O)OC. The molecule has 5 nitrogen and oxygen atoms in total. The lowest BCUT2D eigenvalue weighted by Crippen LogP contribution is -2.48. The predicted molar refractivity (Wildman–Crippen MR) is 64.5 cm³/mol. The van der Waals surface area contributed by atoms with E-state index in [-0.39, 0.29) is 17.9 Å². The molecule has 0 radical (unpaired) electrons. The van der Waals surface area contributed by atoms with Crippen LogP contribution in [-0.2, 0) is 14.3 Å². The van der Waals surface area contributed by atoms with Crippen LogP contribution < -0.4 is 5.32 Å². The van der Waals surface area contributed by atoms with E-state index < -0.39 is 0 Å². The van der Waals surface area contributed by atoms with E-state index in [1.807, 2.05) is 0 Å². The standard InChI is InChI=1S/C12H22N2O3/c1-13-12(16)10-6-3-4-8-14(10)9-5-7-11(15)17-2/h10H,3-9H2,1-2H3,(H,13,16). The fourth-order valence-corrected chi connectivity index (χ4v) is 2.25. The second kappa shape index (κ2) is 7.27. The number of rotatable bonds is 5. The van der Waals surface area contributed by atoms with Gasteiger partial charge in [0.25, 0.3) is 0 Å². The second-order valence-electron chi connectivity index (χ2n) is 4.34. The van der Waals surface area contributed by atoms with Crippen molar-refractivity contribution in [3.8, 4) is 0 Å². The van der Waals surface area contributed by atoms with Gasteiger partial charge in [-0.25, -0.2) is 0 Å². The zero-order valence-electron chi connectivity index (χ0n) is 10.7. The Morgan fingerprint density at radius 1 is 1.41 bits per heavy atom. The van der Waals surface area contributed by atoms with Crippen molar-refractivity contribution in [2.75, 3.05) is 27.2 Å². The molecular weight excluding hydrogens is 220 g/mol. The van der Waals surface area contributed by atoms with Gasteiger partial charge in [-0.1, -0.05) is 6.42 Å². The number of likely N-dealkylation sites (N-methyl/N-ethyl adjacent to an activating group) is 1. The number of carbonyl (C=O) groups is 2. The van der Waals surface area contributed by atoms with E-state index in [0.717, 1.165) is 38.8 Å². The van der Waals surface area contributed by atoms with Crippen LogP contribution in [0, 0.1) is 0 Å². The molecule has 1 fully saturated rings. The molecule has 98 valence electrons. The number of carbonyl (C=O) groups excluding carboxylic acids is 2. The number of piperidine rings is 1. The Hall–Kier alpha value is -1.10. The van der Waals surface area contributed by atoms with Crippen LogP contribution in [0.25, 0.3) is 0 Å². The highest BCUT2D eigenvalue weighted by Gasteiger charge is 2.27. The maximum atomic E-state index is 11.7. The molecule has 17 heavy (non-hydrogen) atoms. The van der Waals surface area contributed by atoms with E-state index in [0.29, 0.717) is 6.42 Å². The van der Waals surface area contributed by atoms with Crippen molar-refractivity contribution >= 4 is 11.9 Å². The Morgan fingerprint density at radius 2 is 2.18 bits per heavy atom. The summed E-state index contributed by atoms with van der Waals surface area (Å²) in [5.41, 5.74) is 0. The molecule has 0 aromatic rings. The molecule has 0 aromatic carbocycles. The minimum Gasteiger partial charge on any atom is -0.469 e. The smallest absolute Gasteiger partial charge is 0.305 e. The summed E-state index contributed by atoms with van der Waals surface area (Å²) < 4.78 is 4.60. The third-order valence-corrected chi connectivity index (χ3v) is 3.22. The third kappa shape index (κ3) is 4.34. The molecule has 1 N–H and O–H groups in total. The Labute approximate surface area is 102 Å². The molecule has 1 atom stereocenters. The summed E-state index contributed by atoms with van der Waals surface area (Å²) in [5.74, 6) is -0.0960. The van der Waals surface area contributed by atoms with Crippen LogP contribution >= 0.6 is 0 Å². The topological polar surface area (TPSA) is 58.6 Å². The number of hydrogen-bond acceptors (Lipinski definition) is 4. The molecule has 0 spiro atoms. The minimum atomic E-state index is -0.182. The minimum absolute atomic E-state index is 0.0219. The molecule has 1 unspecified atom stereocenters. The average Bonchev–Trinajstić information content (AvgIpc) is 2.38. The summed E-state index contributed by atoms with van der Waals surface area (Å²) in [7, 11) is 3.07. The van der Waals surface area contributed by atoms with Gasteiger partial charge >= 0.3 is 5.97 Å². The molecule has 1 amide bonds. The van der Waals surface area contributed by atoms with Crippen molar-refractivity contribution in [3.63, 3.8) is 0 Å². The van der Waals surface area contributed by atoms with E-state index >= 15 is 0 Å². The lowest BCUT2D eigenvalue weighted by atomic mass is 10.0. The number of likely N-dealkylation sites (tertiary alicyclic amines) is 1. The summed E-state index contributed by atoms with van der Waals surface area (Å²) >= 11 is 0. The van der Waals surface area contributed by atoms with Crippen molar-refractivity contribution < 1.29 is 14.3 Å². The van der Waals surface area contributed by atoms with Gasteiger partial charge in [0, 0.05) is 13.5 Å². The van der Waals surface area contributed by atoms with E-state index in [9.17, 15) is 9.59 Å². The van der Waals surface area contributed by atoms with Crippen molar-refractivity contribution in [1.29, 1.82) is 0 Å². The first-order valence-corrected chi connectivity index (χ1v) is 6.21. The average molecular weight is 242 g/mol. The fourth-order valence-electron chi connectivity index (χ4n) is 2.25. The van der Waals surface area contributed by atoms with Gasteiger partial charge in [-0.05, 0) is 32.4 Å². The molecule has 0 saturated carbocycles. The zero-order chi connectivity index (χ0) is 12.7. The van der Waals surface area contributed by atoms with Gasteiger partial charge in [0.15, 0.2) is 0 Å². The molecule has 1 rings (SSSR count). The number of amides is 1. The quantitative estimate of drug-likeness (QED) is 0.715. The van der Waals surface area contributed by atoms with Crippen molar-refractivity contribution in [3.05, 3.63) is 0 Å². The largest absolute Gasteiger partial charge is 0.469 e. The Kier molecular flexibility index (Phi) is 5.97. The third-order valence-electron chi connectivity index (χ3n) is 3.22. The van der Waals surface area contributed by atoms with Crippen LogP contribution in [0.15, 0.2) is 0 Å². The van der Waals surface area contributed by atoms with Crippen molar-refractivity contribution in [1.82, 2.24) is 10.2 Å². The van der Waals surface area contributed by atoms with Gasteiger partial charge in [-0.3, -0.25) is 14.5 Å². The van der Waals surface area contributed by atoms with Crippen LogP contribution in [0.1, 0.15) is 32.1 Å². The van der Waals surface area contributed by atoms with Crippen LogP contribution in [0.4, 0.5) is 0 Å². The predicted octanol–water partition coefficient (Wildman–Crippen LogP) is 0.540. The highest BCUT2D eigenvalue weighted by atomic mass is 16.5. The summed E-state index contributed by atoms with van der Waals surface area (Å²) in [6.45, 7) is 1.73. The van der Waals surface area contributed by atoms with E-state index in [1.165, 1.54) is 7.11 Å². The summed E-state index contributed by atoms with van der Waals surface area (Å²) in [6.07, 6.45) is 4.32. The molecule has 0 bridgehead atoms. The second-order valence-corrected chi connectivity index (χ2v) is 4.34. The maximum absolute atomic E-state index is 11.7. The van der Waals surface area contributed by atoms with E-state index in [4.69, 9.17) is 0 Å². The van der Waals surface area contributed by atoms with Crippen molar-refractivity contribution in [2.45, 2.75) is 38.1 Å². The molecule has 1 saturated heterocycles. The fraction of sp³-hybridized carbons (Fsp3) is 0.833. The Balaban J connectivity index is 2.37. The number of esters is 1. The first-order valence-electron chi connectivity index (χ1n) is 6.21. The van der Waals surface area contributed by atoms with Gasteiger partial charge in [0.1, 0.15) is 0 Å². The molecule has 1 aliphatic heterocycles. The number of nitrogens with one attached hydrogen (secondary N) is 1. The molecule has 5 heteroatoms. The number of nitrogens with zero attached hydrogens (tertiary/aromatic N) is 1. The van der Waals surface area contributed by atoms with Gasteiger partial charge in [0.2, 0.25) is 5.91 Å². The molecule has 0 aliphatic carbocycles. The van der Waals surface area contributed by atoms with Gasteiger partial charge < -0.3 is 10.1 Å². The van der Waals surface area contributed by atoms with Crippen LogP contribution in [0.5, 0.6) is 0 Å². The molecule has 1 aliphatic rings.